The van der Waals surface area contributed by atoms with E-state index in [1.165, 1.54) is 47.4 Å². The van der Waals surface area contributed by atoms with Crippen LogP contribution >= 0.6 is 11.3 Å². The van der Waals surface area contributed by atoms with Gasteiger partial charge in [0.1, 0.15) is 0 Å². The first-order chi connectivity index (χ1) is 8.33. The summed E-state index contributed by atoms with van der Waals surface area (Å²) < 4.78 is 5.59. The Bertz CT molecular complexity index is 358. The molecule has 1 aromatic rings. The average molecular weight is 252 g/mol. The molecule has 0 bridgehead atoms. The van der Waals surface area contributed by atoms with Crippen LogP contribution in [0.3, 0.4) is 0 Å². The second kappa shape index (κ2) is 5.09. The summed E-state index contributed by atoms with van der Waals surface area (Å²) >= 11 is 1.82. The van der Waals surface area contributed by atoms with Crippen LogP contribution < -0.4 is 0 Å². The van der Waals surface area contributed by atoms with Crippen molar-refractivity contribution in [2.24, 2.45) is 0 Å². The number of aryl methyl sites for hydroxylation is 2. The monoisotopic (exact) mass is 252 g/mol. The number of aliphatic hydroxyl groups excluding tert-OH is 1. The number of thiophene rings is 1. The Labute approximate surface area is 107 Å². The smallest absolute Gasteiger partial charge is 0.0883 e. The molecule has 1 saturated heterocycles. The molecule has 1 aliphatic heterocycles. The van der Waals surface area contributed by atoms with Crippen molar-refractivity contribution in [3.63, 3.8) is 0 Å². The van der Waals surface area contributed by atoms with E-state index in [0.717, 1.165) is 19.4 Å². The first kappa shape index (κ1) is 11.7. The Morgan fingerprint density at radius 3 is 3.12 bits per heavy atom. The molecule has 0 radical (unpaired) electrons. The van der Waals surface area contributed by atoms with Gasteiger partial charge in [0.05, 0.1) is 12.2 Å². The second-order valence-corrected chi connectivity index (χ2v) is 6.35. The lowest BCUT2D eigenvalue weighted by Gasteiger charge is -2.12. The highest BCUT2D eigenvalue weighted by atomic mass is 32.1. The van der Waals surface area contributed by atoms with E-state index in [2.05, 4.69) is 6.07 Å². The summed E-state index contributed by atoms with van der Waals surface area (Å²) in [7, 11) is 0. The van der Waals surface area contributed by atoms with Crippen molar-refractivity contribution in [2.75, 3.05) is 6.61 Å². The molecule has 1 aromatic heterocycles. The Hall–Kier alpha value is -0.380. The van der Waals surface area contributed by atoms with Crippen molar-refractivity contribution in [3.8, 4) is 0 Å². The molecule has 17 heavy (non-hydrogen) atoms. The van der Waals surface area contributed by atoms with Crippen molar-refractivity contribution in [1.82, 2.24) is 0 Å². The maximum Gasteiger partial charge on any atom is 0.0883 e. The highest BCUT2D eigenvalue weighted by molar-refractivity contribution is 7.12. The van der Waals surface area contributed by atoms with Gasteiger partial charge in [-0.2, -0.15) is 0 Å². The van der Waals surface area contributed by atoms with Crippen LogP contribution in [-0.2, 0) is 17.6 Å². The predicted octanol–water partition coefficient (Wildman–Crippen LogP) is 3.23. The number of rotatable bonds is 4. The molecule has 2 heterocycles. The van der Waals surface area contributed by atoms with Crippen molar-refractivity contribution in [1.29, 1.82) is 0 Å². The summed E-state index contributed by atoms with van der Waals surface area (Å²) in [6, 6.07) is 2.23. The zero-order chi connectivity index (χ0) is 11.7. The molecule has 0 amide bonds. The van der Waals surface area contributed by atoms with Crippen LogP contribution in [0.4, 0.5) is 0 Å². The van der Waals surface area contributed by atoms with E-state index in [1.54, 1.807) is 0 Å². The van der Waals surface area contributed by atoms with Crippen LogP contribution in [0.1, 0.15) is 53.5 Å². The number of aliphatic hydroxyl groups is 1. The summed E-state index contributed by atoms with van der Waals surface area (Å²) in [5.41, 5.74) is 1.49. The van der Waals surface area contributed by atoms with Gasteiger partial charge >= 0.3 is 0 Å². The minimum absolute atomic E-state index is 0.269. The lowest BCUT2D eigenvalue weighted by Crippen LogP contribution is -2.07. The average Bonchev–Trinajstić information content (AvgIpc) is 3.01. The standard InChI is InChI=1S/C14H20O2S/c15-12(7-6-11-4-2-8-16-11)14-9-10-3-1-5-13(10)17-14/h9,11-12,15H,1-8H2. The molecular weight excluding hydrogens is 232 g/mol. The van der Waals surface area contributed by atoms with E-state index in [-0.39, 0.29) is 6.10 Å². The van der Waals surface area contributed by atoms with E-state index in [0.29, 0.717) is 6.10 Å². The third kappa shape index (κ3) is 2.56. The van der Waals surface area contributed by atoms with Crippen molar-refractivity contribution in [3.05, 3.63) is 21.4 Å². The van der Waals surface area contributed by atoms with Gasteiger partial charge in [0.2, 0.25) is 0 Å². The molecular formula is C14H20O2S. The van der Waals surface area contributed by atoms with Crippen molar-refractivity contribution in [2.45, 2.75) is 57.2 Å². The summed E-state index contributed by atoms with van der Waals surface area (Å²) in [4.78, 5) is 2.68. The number of hydrogen-bond donors (Lipinski definition) is 1. The quantitative estimate of drug-likeness (QED) is 0.891. The van der Waals surface area contributed by atoms with Crippen LogP contribution in [0.25, 0.3) is 0 Å². The lowest BCUT2D eigenvalue weighted by atomic mass is 10.1. The van der Waals surface area contributed by atoms with Gasteiger partial charge < -0.3 is 9.84 Å². The molecule has 2 atom stereocenters. The van der Waals surface area contributed by atoms with Gasteiger partial charge in [-0.1, -0.05) is 0 Å². The van der Waals surface area contributed by atoms with Gasteiger partial charge in [0.25, 0.3) is 0 Å². The van der Waals surface area contributed by atoms with Gasteiger partial charge in [-0.15, -0.1) is 11.3 Å². The van der Waals surface area contributed by atoms with Crippen molar-refractivity contribution >= 4 is 11.3 Å². The van der Waals surface area contributed by atoms with Gasteiger partial charge in [-0.25, -0.2) is 0 Å². The normalized spacial score (nSPS) is 25.1. The second-order valence-electron chi connectivity index (χ2n) is 5.18. The molecule has 0 aromatic carbocycles. The van der Waals surface area contributed by atoms with Crippen LogP contribution in [0, 0.1) is 0 Å². The molecule has 1 aliphatic carbocycles. The number of hydrogen-bond acceptors (Lipinski definition) is 3. The molecule has 3 heteroatoms. The van der Waals surface area contributed by atoms with Gasteiger partial charge in [-0.05, 0) is 56.6 Å². The largest absolute Gasteiger partial charge is 0.388 e. The fourth-order valence-electron chi connectivity index (χ4n) is 2.87. The van der Waals surface area contributed by atoms with E-state index in [1.807, 2.05) is 11.3 Å². The highest BCUT2D eigenvalue weighted by Crippen LogP contribution is 2.35. The summed E-state index contributed by atoms with van der Waals surface area (Å²) in [5, 5.41) is 10.2. The highest BCUT2D eigenvalue weighted by Gasteiger charge is 2.21. The van der Waals surface area contributed by atoms with Crippen LogP contribution in [-0.4, -0.2) is 17.8 Å². The Morgan fingerprint density at radius 2 is 2.35 bits per heavy atom. The van der Waals surface area contributed by atoms with E-state index >= 15 is 0 Å². The lowest BCUT2D eigenvalue weighted by molar-refractivity contribution is 0.0820. The Kier molecular flexibility index (Phi) is 3.50. The molecule has 2 unspecified atom stereocenters. The summed E-state index contributed by atoms with van der Waals surface area (Å²) in [5.74, 6) is 0. The zero-order valence-electron chi connectivity index (χ0n) is 10.2. The molecule has 2 nitrogen and oxygen atoms in total. The number of ether oxygens (including phenoxy) is 1. The maximum atomic E-state index is 10.2. The number of fused-ring (bicyclic) bond motifs is 1. The fraction of sp³-hybridized carbons (Fsp3) is 0.714. The summed E-state index contributed by atoms with van der Waals surface area (Å²) in [6.07, 6.45) is 8.08. The molecule has 2 aliphatic rings. The van der Waals surface area contributed by atoms with Crippen molar-refractivity contribution < 1.29 is 9.84 Å². The molecule has 3 rings (SSSR count). The molecule has 1 N–H and O–H groups in total. The minimum atomic E-state index is -0.269. The maximum absolute atomic E-state index is 10.2. The Balaban J connectivity index is 1.55. The Morgan fingerprint density at radius 1 is 1.41 bits per heavy atom. The van der Waals surface area contributed by atoms with Crippen LogP contribution in [0.15, 0.2) is 6.07 Å². The van der Waals surface area contributed by atoms with E-state index in [4.69, 9.17) is 4.74 Å². The minimum Gasteiger partial charge on any atom is -0.388 e. The van der Waals surface area contributed by atoms with Gasteiger partial charge in [0, 0.05) is 16.4 Å². The SMILES string of the molecule is OC(CCC1CCCO1)c1cc2c(s1)CCC2. The first-order valence-corrected chi connectivity index (χ1v) is 7.56. The molecule has 94 valence electrons. The van der Waals surface area contributed by atoms with Gasteiger partial charge in [0.15, 0.2) is 0 Å². The van der Waals surface area contributed by atoms with Crippen LogP contribution in [0.2, 0.25) is 0 Å². The third-order valence-corrected chi connectivity index (χ3v) is 5.22. The topological polar surface area (TPSA) is 29.5 Å². The van der Waals surface area contributed by atoms with Gasteiger partial charge in [-0.3, -0.25) is 0 Å². The first-order valence-electron chi connectivity index (χ1n) is 6.74. The van der Waals surface area contributed by atoms with Crippen LogP contribution in [0.5, 0.6) is 0 Å². The molecule has 0 spiro atoms. The third-order valence-electron chi connectivity index (χ3n) is 3.88. The predicted molar refractivity (Wildman–Crippen MR) is 69.5 cm³/mol. The fourth-order valence-corrected chi connectivity index (χ4v) is 4.15. The van der Waals surface area contributed by atoms with E-state index < -0.39 is 0 Å². The summed E-state index contributed by atoms with van der Waals surface area (Å²) in [6.45, 7) is 0.911. The van der Waals surface area contributed by atoms with E-state index in [9.17, 15) is 5.11 Å². The molecule has 0 saturated carbocycles. The molecule has 1 fully saturated rings. The zero-order valence-corrected chi connectivity index (χ0v) is 11.0.